The molecule has 1 aromatic rings. The highest BCUT2D eigenvalue weighted by atomic mass is 127. The molecule has 1 saturated heterocycles. The molecule has 1 aliphatic heterocycles. The second-order valence-corrected chi connectivity index (χ2v) is 8.77. The molecule has 7 nitrogen and oxygen atoms in total. The van der Waals surface area contributed by atoms with Gasteiger partial charge in [0.1, 0.15) is 5.75 Å². The summed E-state index contributed by atoms with van der Waals surface area (Å²) in [5.41, 5.74) is 1.09. The van der Waals surface area contributed by atoms with E-state index in [2.05, 4.69) is 31.9 Å². The van der Waals surface area contributed by atoms with E-state index in [4.69, 9.17) is 4.74 Å². The molecule has 4 rings (SSSR count). The van der Waals surface area contributed by atoms with Crippen molar-refractivity contribution in [2.24, 2.45) is 4.99 Å². The molecular formula is C23H36IN5O2. The number of benzene rings is 1. The number of carbonyl (C=O) groups is 1. The first-order valence-electron chi connectivity index (χ1n) is 11.4. The molecule has 1 amide bonds. The maximum atomic E-state index is 11.8. The summed E-state index contributed by atoms with van der Waals surface area (Å²) < 4.78 is 5.65. The molecule has 3 fully saturated rings. The summed E-state index contributed by atoms with van der Waals surface area (Å²) in [7, 11) is 1.82. The minimum Gasteiger partial charge on any atom is -0.484 e. The van der Waals surface area contributed by atoms with E-state index in [1.54, 1.807) is 0 Å². The van der Waals surface area contributed by atoms with Crippen molar-refractivity contribution in [3.05, 3.63) is 29.8 Å². The lowest BCUT2D eigenvalue weighted by Gasteiger charge is -2.24. The Hall–Kier alpha value is -1.55. The summed E-state index contributed by atoms with van der Waals surface area (Å²) in [6, 6.07) is 9.48. The fraction of sp³-hybridized carbons (Fsp3) is 0.652. The minimum atomic E-state index is -0.0474. The number of likely N-dealkylation sites (tertiary alicyclic amines) is 1. The predicted octanol–water partition coefficient (Wildman–Crippen LogP) is 2.64. The van der Waals surface area contributed by atoms with Gasteiger partial charge in [-0.1, -0.05) is 25.0 Å². The number of hydrogen-bond donors (Lipinski definition) is 3. The fourth-order valence-electron chi connectivity index (χ4n) is 4.47. The highest BCUT2D eigenvalue weighted by Gasteiger charge is 2.30. The smallest absolute Gasteiger partial charge is 0.258 e. The van der Waals surface area contributed by atoms with Gasteiger partial charge in [-0.2, -0.15) is 0 Å². The zero-order valence-corrected chi connectivity index (χ0v) is 20.8. The maximum Gasteiger partial charge on any atom is 0.258 e. The van der Waals surface area contributed by atoms with Gasteiger partial charge in [0.05, 0.1) is 0 Å². The standard InChI is InChI=1S/C23H35N5O2.HI/c1-24-23(27-19-11-12-28(15-19)20-6-2-3-7-20)25-14-17-5-4-8-21(13-17)30-16-22(29)26-18-9-10-18;/h4-5,8,13,18-20H,2-3,6-7,9-12,14-16H2,1H3,(H,26,29)(H2,24,25,27);1H. The Bertz CT molecular complexity index is 749. The van der Waals surface area contributed by atoms with Gasteiger partial charge < -0.3 is 20.7 Å². The molecule has 0 bridgehead atoms. The molecule has 3 aliphatic rings. The molecule has 1 atom stereocenters. The lowest BCUT2D eigenvalue weighted by atomic mass is 10.2. The molecule has 31 heavy (non-hydrogen) atoms. The number of guanidine groups is 1. The van der Waals surface area contributed by atoms with E-state index in [1.807, 2.05) is 25.2 Å². The number of rotatable bonds is 8. The molecule has 2 aliphatic carbocycles. The Morgan fingerprint density at radius 1 is 1.13 bits per heavy atom. The third-order valence-electron chi connectivity index (χ3n) is 6.30. The van der Waals surface area contributed by atoms with Crippen LogP contribution >= 0.6 is 24.0 Å². The largest absolute Gasteiger partial charge is 0.484 e. The van der Waals surface area contributed by atoms with Gasteiger partial charge in [-0.05, 0) is 49.8 Å². The summed E-state index contributed by atoms with van der Waals surface area (Å²) in [5.74, 6) is 1.50. The van der Waals surface area contributed by atoms with Crippen LogP contribution in [0.3, 0.4) is 0 Å². The van der Waals surface area contributed by atoms with Crippen LogP contribution in [-0.2, 0) is 11.3 Å². The van der Waals surface area contributed by atoms with Crippen LogP contribution in [0, 0.1) is 0 Å². The van der Waals surface area contributed by atoms with Crippen LogP contribution in [0.1, 0.15) is 50.5 Å². The molecule has 0 aromatic heterocycles. The number of hydrogen-bond acceptors (Lipinski definition) is 4. The van der Waals surface area contributed by atoms with Gasteiger partial charge in [-0.25, -0.2) is 0 Å². The summed E-state index contributed by atoms with van der Waals surface area (Å²) in [6.45, 7) is 3.02. The van der Waals surface area contributed by atoms with E-state index in [9.17, 15) is 4.79 Å². The number of aliphatic imine (C=N–C) groups is 1. The summed E-state index contributed by atoms with van der Waals surface area (Å²) >= 11 is 0. The highest BCUT2D eigenvalue weighted by molar-refractivity contribution is 14.0. The lowest BCUT2D eigenvalue weighted by molar-refractivity contribution is -0.123. The zero-order valence-electron chi connectivity index (χ0n) is 18.4. The van der Waals surface area contributed by atoms with Crippen molar-refractivity contribution in [2.75, 3.05) is 26.7 Å². The number of amides is 1. The van der Waals surface area contributed by atoms with Crippen LogP contribution in [0.25, 0.3) is 0 Å². The van der Waals surface area contributed by atoms with Crippen molar-refractivity contribution in [3.8, 4) is 5.75 Å². The Morgan fingerprint density at radius 2 is 1.94 bits per heavy atom. The van der Waals surface area contributed by atoms with Gasteiger partial charge in [-0.3, -0.25) is 14.7 Å². The third kappa shape index (κ3) is 7.52. The summed E-state index contributed by atoms with van der Waals surface area (Å²) in [4.78, 5) is 18.8. The second-order valence-electron chi connectivity index (χ2n) is 8.77. The SMILES string of the molecule is CN=C(NCc1cccc(OCC(=O)NC2CC2)c1)NC1CCN(C2CCCC2)C1.I. The molecular weight excluding hydrogens is 505 g/mol. The summed E-state index contributed by atoms with van der Waals surface area (Å²) in [5, 5.41) is 9.93. The Labute approximate surface area is 202 Å². The van der Waals surface area contributed by atoms with Gasteiger partial charge in [0.2, 0.25) is 0 Å². The van der Waals surface area contributed by atoms with Crippen molar-refractivity contribution in [2.45, 2.75) is 69.6 Å². The first-order valence-corrected chi connectivity index (χ1v) is 11.4. The van der Waals surface area contributed by atoms with E-state index in [-0.39, 0.29) is 36.5 Å². The molecule has 1 aromatic carbocycles. The van der Waals surface area contributed by atoms with Crippen LogP contribution in [0.15, 0.2) is 29.3 Å². The van der Waals surface area contributed by atoms with E-state index in [0.29, 0.717) is 24.4 Å². The first-order chi connectivity index (χ1) is 14.7. The van der Waals surface area contributed by atoms with Crippen molar-refractivity contribution in [3.63, 3.8) is 0 Å². The van der Waals surface area contributed by atoms with E-state index in [0.717, 1.165) is 37.0 Å². The average molecular weight is 541 g/mol. The van der Waals surface area contributed by atoms with Crippen LogP contribution in [0.4, 0.5) is 0 Å². The molecule has 0 spiro atoms. The van der Waals surface area contributed by atoms with Crippen molar-refractivity contribution in [1.29, 1.82) is 0 Å². The molecule has 8 heteroatoms. The van der Waals surface area contributed by atoms with Crippen molar-refractivity contribution in [1.82, 2.24) is 20.9 Å². The Morgan fingerprint density at radius 3 is 2.68 bits per heavy atom. The van der Waals surface area contributed by atoms with Gasteiger partial charge >= 0.3 is 0 Å². The molecule has 3 N–H and O–H groups in total. The minimum absolute atomic E-state index is 0. The number of carbonyl (C=O) groups excluding carboxylic acids is 1. The van der Waals surface area contributed by atoms with Crippen molar-refractivity contribution >= 4 is 35.8 Å². The number of ether oxygens (including phenoxy) is 1. The van der Waals surface area contributed by atoms with Gasteiger partial charge in [0.15, 0.2) is 12.6 Å². The Balaban J connectivity index is 0.00000272. The number of nitrogens with zero attached hydrogens (tertiary/aromatic N) is 2. The number of halogens is 1. The quantitative estimate of drug-likeness (QED) is 0.268. The fourth-order valence-corrected chi connectivity index (χ4v) is 4.47. The first kappa shape index (κ1) is 24.1. The molecule has 2 saturated carbocycles. The lowest BCUT2D eigenvalue weighted by Crippen LogP contribution is -2.45. The van der Waals surface area contributed by atoms with Gasteiger partial charge in [-0.15, -0.1) is 24.0 Å². The van der Waals surface area contributed by atoms with E-state index >= 15 is 0 Å². The predicted molar refractivity (Wildman–Crippen MR) is 134 cm³/mol. The molecule has 0 radical (unpaired) electrons. The maximum absolute atomic E-state index is 11.8. The van der Waals surface area contributed by atoms with Crippen LogP contribution < -0.4 is 20.7 Å². The van der Waals surface area contributed by atoms with E-state index in [1.165, 1.54) is 38.6 Å². The van der Waals surface area contributed by atoms with Crippen molar-refractivity contribution < 1.29 is 9.53 Å². The zero-order chi connectivity index (χ0) is 20.8. The average Bonchev–Trinajstić information content (AvgIpc) is 3.20. The summed E-state index contributed by atoms with van der Waals surface area (Å²) in [6.07, 6.45) is 8.83. The van der Waals surface area contributed by atoms with Gasteiger partial charge in [0.25, 0.3) is 5.91 Å². The third-order valence-corrected chi connectivity index (χ3v) is 6.30. The van der Waals surface area contributed by atoms with Crippen LogP contribution in [0.2, 0.25) is 0 Å². The van der Waals surface area contributed by atoms with E-state index < -0.39 is 0 Å². The normalized spacial score (nSPS) is 22.1. The molecule has 1 unspecified atom stereocenters. The monoisotopic (exact) mass is 541 g/mol. The van der Waals surface area contributed by atoms with Crippen LogP contribution in [-0.4, -0.2) is 61.6 Å². The Kier molecular flexibility index (Phi) is 9.25. The topological polar surface area (TPSA) is 78.0 Å². The van der Waals surface area contributed by atoms with Crippen LogP contribution in [0.5, 0.6) is 5.75 Å². The second kappa shape index (κ2) is 11.9. The molecule has 1 heterocycles. The highest BCUT2D eigenvalue weighted by Crippen LogP contribution is 2.26. The molecule has 172 valence electrons. The van der Waals surface area contributed by atoms with Gasteiger partial charge in [0, 0.05) is 44.8 Å². The number of nitrogens with one attached hydrogen (secondary N) is 3.